The van der Waals surface area contributed by atoms with Crippen LogP contribution in [0.5, 0.6) is 5.75 Å². The van der Waals surface area contributed by atoms with Gasteiger partial charge < -0.3 is 4.74 Å². The Labute approximate surface area is 170 Å². The van der Waals surface area contributed by atoms with E-state index in [1.807, 2.05) is 49.4 Å². The fourth-order valence-electron chi connectivity index (χ4n) is 2.97. The van der Waals surface area contributed by atoms with Crippen molar-refractivity contribution in [3.8, 4) is 17.0 Å². The zero-order chi connectivity index (χ0) is 20.3. The molecule has 1 heterocycles. The Hall–Kier alpha value is -2.66. The number of aryl methyl sites for hydroxylation is 2. The van der Waals surface area contributed by atoms with Gasteiger partial charge in [0.2, 0.25) is 0 Å². The quantitative estimate of drug-likeness (QED) is 0.600. The molecule has 1 N–H and O–H groups in total. The summed E-state index contributed by atoms with van der Waals surface area (Å²) in [4.78, 5) is 18.0. The van der Waals surface area contributed by atoms with Crippen molar-refractivity contribution in [2.24, 2.45) is 0 Å². The molecule has 3 rings (SSSR count). The van der Waals surface area contributed by atoms with Gasteiger partial charge in [-0.3, -0.25) is 10.1 Å². The average Bonchev–Trinajstić information content (AvgIpc) is 3.00. The second-order valence-corrected chi connectivity index (χ2v) is 9.08. The fraction of sp³-hybridized carbons (Fsp3) is 0.304. The van der Waals surface area contributed by atoms with Crippen LogP contribution in [-0.2, 0) is 10.2 Å². The van der Waals surface area contributed by atoms with Crippen molar-refractivity contribution in [2.45, 2.75) is 40.0 Å². The summed E-state index contributed by atoms with van der Waals surface area (Å²) in [6.07, 6.45) is 0. The van der Waals surface area contributed by atoms with Gasteiger partial charge in [-0.25, -0.2) is 4.98 Å². The molecule has 146 valence electrons. The third-order valence-electron chi connectivity index (χ3n) is 4.39. The van der Waals surface area contributed by atoms with E-state index in [4.69, 9.17) is 4.74 Å². The first-order valence-electron chi connectivity index (χ1n) is 9.30. The van der Waals surface area contributed by atoms with Crippen LogP contribution in [0.15, 0.2) is 48.5 Å². The van der Waals surface area contributed by atoms with Gasteiger partial charge in [-0.15, -0.1) is 11.3 Å². The highest BCUT2D eigenvalue weighted by molar-refractivity contribution is 7.16. The zero-order valence-corrected chi connectivity index (χ0v) is 17.8. The van der Waals surface area contributed by atoms with Crippen molar-refractivity contribution in [3.05, 3.63) is 64.5 Å². The first-order valence-corrected chi connectivity index (χ1v) is 10.1. The lowest BCUT2D eigenvalue weighted by atomic mass is 9.85. The average molecular weight is 395 g/mol. The lowest BCUT2D eigenvalue weighted by Gasteiger charge is -2.23. The Bertz CT molecular complexity index is 972. The summed E-state index contributed by atoms with van der Waals surface area (Å²) in [6.45, 7) is 10.4. The molecule has 1 amide bonds. The molecule has 2 aromatic carbocycles. The van der Waals surface area contributed by atoms with Gasteiger partial charge in [-0.1, -0.05) is 68.8 Å². The summed E-state index contributed by atoms with van der Waals surface area (Å²) >= 11 is 1.47. The molecule has 0 aliphatic rings. The van der Waals surface area contributed by atoms with Crippen molar-refractivity contribution in [2.75, 3.05) is 11.9 Å². The summed E-state index contributed by atoms with van der Waals surface area (Å²) in [6, 6.07) is 16.0. The minimum absolute atomic E-state index is 0.0502. The first kappa shape index (κ1) is 20.1. The number of anilines is 1. The van der Waals surface area contributed by atoms with Gasteiger partial charge in [-0.2, -0.15) is 0 Å². The zero-order valence-electron chi connectivity index (χ0n) is 17.0. The van der Waals surface area contributed by atoms with E-state index in [1.54, 1.807) is 0 Å². The fourth-order valence-corrected chi connectivity index (χ4v) is 3.82. The van der Waals surface area contributed by atoms with Crippen LogP contribution in [0.3, 0.4) is 0 Å². The van der Waals surface area contributed by atoms with Crippen molar-refractivity contribution < 1.29 is 9.53 Å². The largest absolute Gasteiger partial charge is 0.483 e. The van der Waals surface area contributed by atoms with E-state index in [2.05, 4.69) is 44.1 Å². The monoisotopic (exact) mass is 394 g/mol. The number of amides is 1. The van der Waals surface area contributed by atoms with Crippen LogP contribution in [-0.4, -0.2) is 17.5 Å². The lowest BCUT2D eigenvalue weighted by Crippen LogP contribution is -2.22. The van der Waals surface area contributed by atoms with E-state index in [0.29, 0.717) is 5.13 Å². The molecule has 28 heavy (non-hydrogen) atoms. The highest BCUT2D eigenvalue weighted by Gasteiger charge is 2.20. The molecule has 5 heteroatoms. The molecule has 1 aromatic heterocycles. The second-order valence-electron chi connectivity index (χ2n) is 7.88. The smallest absolute Gasteiger partial charge is 0.264 e. The minimum Gasteiger partial charge on any atom is -0.483 e. The van der Waals surface area contributed by atoms with Gasteiger partial charge in [0.1, 0.15) is 5.75 Å². The Kier molecular flexibility index (Phi) is 5.84. The SMILES string of the molecule is Cc1ccc(OCC(=O)Nc2nc(-c3ccccc3)c(C)s2)c(C(C)(C)C)c1. The highest BCUT2D eigenvalue weighted by Crippen LogP contribution is 2.32. The molecule has 0 saturated carbocycles. The van der Waals surface area contributed by atoms with E-state index in [1.165, 1.54) is 16.9 Å². The number of nitrogens with zero attached hydrogens (tertiary/aromatic N) is 1. The number of benzene rings is 2. The lowest BCUT2D eigenvalue weighted by molar-refractivity contribution is -0.118. The number of thiazole rings is 1. The summed E-state index contributed by atoms with van der Waals surface area (Å²) in [7, 11) is 0. The van der Waals surface area contributed by atoms with E-state index >= 15 is 0 Å². The summed E-state index contributed by atoms with van der Waals surface area (Å²) in [5, 5.41) is 3.44. The standard InChI is InChI=1S/C23H26N2O2S/c1-15-11-12-19(18(13-15)23(3,4)5)27-14-20(26)24-22-25-21(16(2)28-22)17-9-7-6-8-10-17/h6-13H,14H2,1-5H3,(H,24,25,26). The van der Waals surface area contributed by atoms with Gasteiger partial charge in [-0.05, 0) is 30.9 Å². The van der Waals surface area contributed by atoms with Crippen molar-refractivity contribution in [3.63, 3.8) is 0 Å². The number of carbonyl (C=O) groups excluding carboxylic acids is 1. The molecule has 0 radical (unpaired) electrons. The summed E-state index contributed by atoms with van der Waals surface area (Å²) < 4.78 is 5.84. The Morgan fingerprint density at radius 2 is 1.82 bits per heavy atom. The van der Waals surface area contributed by atoms with Gasteiger partial charge in [0.05, 0.1) is 5.69 Å². The summed E-state index contributed by atoms with van der Waals surface area (Å²) in [5.74, 6) is 0.530. The van der Waals surface area contributed by atoms with Crippen molar-refractivity contribution in [1.29, 1.82) is 0 Å². The maximum Gasteiger partial charge on any atom is 0.264 e. The molecule has 0 aliphatic carbocycles. The molecule has 0 spiro atoms. The Balaban J connectivity index is 1.68. The van der Waals surface area contributed by atoms with Gasteiger partial charge in [0.15, 0.2) is 11.7 Å². The molecular formula is C23H26N2O2S. The van der Waals surface area contributed by atoms with E-state index < -0.39 is 0 Å². The minimum atomic E-state index is -0.214. The Morgan fingerprint density at radius 3 is 2.50 bits per heavy atom. The summed E-state index contributed by atoms with van der Waals surface area (Å²) in [5.41, 5.74) is 4.15. The van der Waals surface area contributed by atoms with E-state index in [-0.39, 0.29) is 17.9 Å². The number of ether oxygens (including phenoxy) is 1. The molecule has 0 bridgehead atoms. The van der Waals surface area contributed by atoms with Crippen LogP contribution in [0.25, 0.3) is 11.3 Å². The maximum atomic E-state index is 12.4. The molecule has 4 nitrogen and oxygen atoms in total. The van der Waals surface area contributed by atoms with Crippen LogP contribution < -0.4 is 10.1 Å². The van der Waals surface area contributed by atoms with Gasteiger partial charge in [0.25, 0.3) is 5.91 Å². The third kappa shape index (κ3) is 4.78. The number of hydrogen-bond acceptors (Lipinski definition) is 4. The molecule has 3 aromatic rings. The van der Waals surface area contributed by atoms with Crippen LogP contribution in [0.1, 0.15) is 36.8 Å². The number of nitrogens with one attached hydrogen (secondary N) is 1. The van der Waals surface area contributed by atoms with Crippen LogP contribution in [0, 0.1) is 13.8 Å². The Morgan fingerprint density at radius 1 is 1.11 bits per heavy atom. The molecular weight excluding hydrogens is 368 g/mol. The van der Waals surface area contributed by atoms with Gasteiger partial charge >= 0.3 is 0 Å². The second kappa shape index (κ2) is 8.15. The van der Waals surface area contributed by atoms with Crippen LogP contribution in [0.4, 0.5) is 5.13 Å². The topological polar surface area (TPSA) is 51.2 Å². The maximum absolute atomic E-state index is 12.4. The predicted molar refractivity (Wildman–Crippen MR) is 116 cm³/mol. The first-order chi connectivity index (χ1) is 13.2. The van der Waals surface area contributed by atoms with Crippen LogP contribution in [0.2, 0.25) is 0 Å². The molecule has 0 aliphatic heterocycles. The predicted octanol–water partition coefficient (Wildman–Crippen LogP) is 5.74. The highest BCUT2D eigenvalue weighted by atomic mass is 32.1. The molecule has 0 fully saturated rings. The molecule has 0 atom stereocenters. The van der Waals surface area contributed by atoms with Gasteiger partial charge in [0, 0.05) is 10.4 Å². The number of carbonyl (C=O) groups is 1. The number of aromatic nitrogens is 1. The third-order valence-corrected chi connectivity index (χ3v) is 5.28. The molecule has 0 saturated heterocycles. The number of rotatable bonds is 5. The number of hydrogen-bond donors (Lipinski definition) is 1. The van der Waals surface area contributed by atoms with E-state index in [0.717, 1.165) is 27.4 Å². The van der Waals surface area contributed by atoms with Crippen molar-refractivity contribution in [1.82, 2.24) is 4.98 Å². The van der Waals surface area contributed by atoms with Crippen LogP contribution >= 0.6 is 11.3 Å². The van der Waals surface area contributed by atoms with Crippen molar-refractivity contribution >= 4 is 22.4 Å². The van der Waals surface area contributed by atoms with E-state index in [9.17, 15) is 4.79 Å². The normalized spacial score (nSPS) is 11.3. The molecule has 0 unspecified atom stereocenters.